The van der Waals surface area contributed by atoms with Crippen molar-refractivity contribution in [2.45, 2.75) is 0 Å². The number of H-pyrrole nitrogens is 2. The minimum atomic E-state index is -0.435. The molecule has 0 unspecified atom stereocenters. The highest BCUT2D eigenvalue weighted by atomic mass is 19.1. The van der Waals surface area contributed by atoms with Crippen molar-refractivity contribution in [3.8, 4) is 0 Å². The molecule has 10 heteroatoms. The van der Waals surface area contributed by atoms with Crippen LogP contribution in [0.2, 0.25) is 0 Å². The van der Waals surface area contributed by atoms with Gasteiger partial charge < -0.3 is 20.5 Å². The lowest BCUT2D eigenvalue weighted by Gasteiger charge is -2.28. The van der Waals surface area contributed by atoms with Crippen molar-refractivity contribution in [1.82, 2.24) is 30.3 Å². The summed E-state index contributed by atoms with van der Waals surface area (Å²) in [5.74, 6) is 0.679. The Balaban J connectivity index is 1.52. The normalized spacial score (nSPS) is 14.9. The molecule has 0 aliphatic carbocycles. The second-order valence-corrected chi connectivity index (χ2v) is 6.91. The predicted molar refractivity (Wildman–Crippen MR) is 106 cm³/mol. The lowest BCUT2D eigenvalue weighted by molar-refractivity contribution is 0.585. The maximum atomic E-state index is 14.3. The van der Waals surface area contributed by atoms with Crippen LogP contribution >= 0.6 is 0 Å². The van der Waals surface area contributed by atoms with Crippen LogP contribution in [-0.2, 0) is 7.05 Å². The summed E-state index contributed by atoms with van der Waals surface area (Å²) in [6.07, 6.45) is 1.73. The Morgan fingerprint density at radius 3 is 2.86 bits per heavy atom. The monoisotopic (exact) mass is 382 g/mol. The smallest absolute Gasteiger partial charge is 0.262 e. The Morgan fingerprint density at radius 1 is 1.21 bits per heavy atom. The lowest BCUT2D eigenvalue weighted by atomic mass is 10.2. The number of halogens is 1. The van der Waals surface area contributed by atoms with Gasteiger partial charge in [0.05, 0.1) is 5.52 Å². The number of piperazine rings is 1. The maximum absolute atomic E-state index is 14.3. The summed E-state index contributed by atoms with van der Waals surface area (Å²) in [6.45, 7) is 3.40. The SMILES string of the molecule is Cn1cc2cc(Nc3n[nH]c4cc(N5CCNCC5)[nH]c(=O)c34)cc(F)c2n1. The van der Waals surface area contributed by atoms with E-state index < -0.39 is 5.82 Å². The Bertz CT molecular complexity index is 1230. The molecule has 1 aromatic carbocycles. The number of pyridine rings is 1. The lowest BCUT2D eigenvalue weighted by Crippen LogP contribution is -2.44. The number of benzene rings is 1. The topological polar surface area (TPSA) is 107 Å². The van der Waals surface area contributed by atoms with Gasteiger partial charge in [-0.25, -0.2) is 4.39 Å². The number of anilines is 3. The average molecular weight is 382 g/mol. The van der Waals surface area contributed by atoms with E-state index in [0.717, 1.165) is 32.0 Å². The Hall–Kier alpha value is -3.40. The Morgan fingerprint density at radius 2 is 2.04 bits per heavy atom. The number of nitrogens with one attached hydrogen (secondary N) is 4. The molecule has 1 fully saturated rings. The van der Waals surface area contributed by atoms with Gasteiger partial charge in [0.2, 0.25) is 0 Å². The zero-order valence-electron chi connectivity index (χ0n) is 15.2. The molecule has 0 atom stereocenters. The summed E-state index contributed by atoms with van der Waals surface area (Å²) >= 11 is 0. The fourth-order valence-corrected chi connectivity index (χ4v) is 3.63. The van der Waals surface area contributed by atoms with E-state index in [4.69, 9.17) is 0 Å². The van der Waals surface area contributed by atoms with Crippen molar-refractivity contribution in [3.63, 3.8) is 0 Å². The molecule has 3 aromatic heterocycles. The van der Waals surface area contributed by atoms with Gasteiger partial charge in [0.15, 0.2) is 11.6 Å². The van der Waals surface area contributed by atoms with Crippen molar-refractivity contribution in [2.75, 3.05) is 36.4 Å². The van der Waals surface area contributed by atoms with Crippen LogP contribution in [-0.4, -0.2) is 51.1 Å². The van der Waals surface area contributed by atoms with Gasteiger partial charge in [-0.1, -0.05) is 0 Å². The van der Waals surface area contributed by atoms with Crippen LogP contribution in [0.15, 0.2) is 29.2 Å². The van der Waals surface area contributed by atoms with E-state index in [1.54, 1.807) is 24.0 Å². The molecule has 1 saturated heterocycles. The van der Waals surface area contributed by atoms with Crippen LogP contribution in [0.4, 0.5) is 21.7 Å². The molecule has 4 heterocycles. The standard InChI is InChI=1S/C18H19FN8O/c1-26-9-10-6-11(7-12(19)16(10)25-26)21-17-15-13(23-24-17)8-14(22-18(15)28)27-4-2-20-3-5-27/h6-9,20H,2-5H2,1H3,(H,22,28)(H2,21,23,24). The third-order valence-corrected chi connectivity index (χ3v) is 4.94. The van der Waals surface area contributed by atoms with Gasteiger partial charge in [-0.3, -0.25) is 14.6 Å². The molecule has 0 bridgehead atoms. The van der Waals surface area contributed by atoms with Gasteiger partial charge in [0, 0.05) is 56.6 Å². The quantitative estimate of drug-likeness (QED) is 0.427. The molecule has 1 aliphatic heterocycles. The van der Waals surface area contributed by atoms with E-state index in [1.165, 1.54) is 6.07 Å². The third-order valence-electron chi connectivity index (χ3n) is 4.94. The van der Waals surface area contributed by atoms with Gasteiger partial charge in [0.1, 0.15) is 16.7 Å². The number of hydrogen-bond donors (Lipinski definition) is 4. The number of aryl methyl sites for hydroxylation is 1. The fraction of sp³-hybridized carbons (Fsp3) is 0.278. The molecule has 28 heavy (non-hydrogen) atoms. The number of rotatable bonds is 3. The summed E-state index contributed by atoms with van der Waals surface area (Å²) in [5, 5.41) is 18.6. The van der Waals surface area contributed by atoms with E-state index >= 15 is 0 Å². The minimum absolute atomic E-state index is 0.245. The first-order valence-corrected chi connectivity index (χ1v) is 9.05. The zero-order valence-corrected chi connectivity index (χ0v) is 15.2. The predicted octanol–water partition coefficient (Wildman–Crippen LogP) is 1.43. The maximum Gasteiger partial charge on any atom is 0.262 e. The van der Waals surface area contributed by atoms with Crippen molar-refractivity contribution >= 4 is 39.1 Å². The first-order chi connectivity index (χ1) is 13.6. The van der Waals surface area contributed by atoms with Gasteiger partial charge in [-0.15, -0.1) is 0 Å². The molecular weight excluding hydrogens is 363 g/mol. The van der Waals surface area contributed by atoms with E-state index in [-0.39, 0.29) is 5.56 Å². The number of fused-ring (bicyclic) bond motifs is 2. The van der Waals surface area contributed by atoms with Crippen LogP contribution in [0, 0.1) is 5.82 Å². The van der Waals surface area contributed by atoms with E-state index in [9.17, 15) is 9.18 Å². The summed E-state index contributed by atoms with van der Waals surface area (Å²) in [7, 11) is 1.74. The first-order valence-electron chi connectivity index (χ1n) is 9.05. The van der Waals surface area contributed by atoms with E-state index in [0.29, 0.717) is 33.3 Å². The molecule has 0 saturated carbocycles. The highest BCUT2D eigenvalue weighted by Crippen LogP contribution is 2.27. The van der Waals surface area contributed by atoms with E-state index in [1.807, 2.05) is 6.07 Å². The van der Waals surface area contributed by atoms with Crippen LogP contribution in [0.1, 0.15) is 0 Å². The number of hydrogen-bond acceptors (Lipinski definition) is 6. The van der Waals surface area contributed by atoms with Crippen molar-refractivity contribution < 1.29 is 4.39 Å². The van der Waals surface area contributed by atoms with Gasteiger partial charge >= 0.3 is 0 Å². The summed E-state index contributed by atoms with van der Waals surface area (Å²) < 4.78 is 15.9. The second-order valence-electron chi connectivity index (χ2n) is 6.91. The van der Waals surface area contributed by atoms with Gasteiger partial charge in [0.25, 0.3) is 5.56 Å². The van der Waals surface area contributed by atoms with Crippen LogP contribution in [0.5, 0.6) is 0 Å². The van der Waals surface area contributed by atoms with Crippen LogP contribution in [0.3, 0.4) is 0 Å². The molecule has 1 aliphatic rings. The molecular formula is C18H19FN8O. The summed E-state index contributed by atoms with van der Waals surface area (Å²) in [6, 6.07) is 5.00. The number of aromatic amines is 2. The van der Waals surface area contributed by atoms with Crippen molar-refractivity contribution in [3.05, 3.63) is 40.6 Å². The molecule has 4 aromatic rings. The molecule has 4 N–H and O–H groups in total. The van der Waals surface area contributed by atoms with Crippen molar-refractivity contribution in [1.29, 1.82) is 0 Å². The Labute approximate surface area is 158 Å². The van der Waals surface area contributed by atoms with Crippen LogP contribution in [0.25, 0.3) is 21.8 Å². The first kappa shape index (κ1) is 16.8. The number of aromatic nitrogens is 5. The highest BCUT2D eigenvalue weighted by molar-refractivity contribution is 5.93. The zero-order chi connectivity index (χ0) is 19.3. The molecule has 9 nitrogen and oxygen atoms in total. The fourth-order valence-electron chi connectivity index (χ4n) is 3.63. The van der Waals surface area contributed by atoms with Gasteiger partial charge in [-0.05, 0) is 12.1 Å². The third kappa shape index (κ3) is 2.78. The minimum Gasteiger partial charge on any atom is -0.355 e. The van der Waals surface area contributed by atoms with Crippen molar-refractivity contribution in [2.24, 2.45) is 7.05 Å². The molecule has 144 valence electrons. The van der Waals surface area contributed by atoms with Crippen LogP contribution < -0.4 is 21.1 Å². The molecule has 0 radical (unpaired) electrons. The molecule has 0 amide bonds. The summed E-state index contributed by atoms with van der Waals surface area (Å²) in [4.78, 5) is 17.8. The van der Waals surface area contributed by atoms with Gasteiger partial charge in [-0.2, -0.15) is 10.2 Å². The molecule has 5 rings (SSSR count). The largest absolute Gasteiger partial charge is 0.355 e. The van der Waals surface area contributed by atoms with E-state index in [2.05, 4.69) is 35.8 Å². The molecule has 0 spiro atoms. The Kier molecular flexibility index (Phi) is 3.79. The second kappa shape index (κ2) is 6.34. The highest BCUT2D eigenvalue weighted by Gasteiger charge is 2.17. The average Bonchev–Trinajstić information content (AvgIpc) is 3.26. The number of nitrogens with zero attached hydrogens (tertiary/aromatic N) is 4. The summed E-state index contributed by atoms with van der Waals surface area (Å²) in [5.41, 5.74) is 1.18.